The van der Waals surface area contributed by atoms with Gasteiger partial charge < -0.3 is 10.1 Å². The Balaban J connectivity index is 2.29. The molecule has 0 bridgehead atoms. The van der Waals surface area contributed by atoms with Gasteiger partial charge in [-0.2, -0.15) is 0 Å². The Morgan fingerprint density at radius 2 is 2.31 bits per heavy atom. The van der Waals surface area contributed by atoms with E-state index in [0.29, 0.717) is 0 Å². The topological polar surface area (TPSA) is 21.3 Å². The molecule has 1 N–H and O–H groups in total. The van der Waals surface area contributed by atoms with Crippen LogP contribution in [0.5, 0.6) is 0 Å². The highest BCUT2D eigenvalue weighted by Gasteiger charge is 2.32. The standard InChI is InChI=1S/C13H18ClNO/c1-3-13(9-16-2)8-7-10-11(14)5-4-6-12(10)15-13/h4-6,15H,3,7-9H2,1-2H3. The van der Waals surface area contributed by atoms with E-state index in [1.165, 1.54) is 5.56 Å². The number of hydrogen-bond acceptors (Lipinski definition) is 2. The minimum absolute atomic E-state index is 0.0758. The molecule has 0 spiro atoms. The second-order valence-electron chi connectivity index (χ2n) is 4.46. The number of hydrogen-bond donors (Lipinski definition) is 1. The molecule has 1 aromatic carbocycles. The summed E-state index contributed by atoms with van der Waals surface area (Å²) in [4.78, 5) is 0. The normalized spacial score (nSPS) is 23.7. The summed E-state index contributed by atoms with van der Waals surface area (Å²) in [7, 11) is 1.76. The van der Waals surface area contributed by atoms with E-state index in [0.717, 1.165) is 36.6 Å². The van der Waals surface area contributed by atoms with Gasteiger partial charge in [0, 0.05) is 17.8 Å². The first-order valence-corrected chi connectivity index (χ1v) is 6.13. The van der Waals surface area contributed by atoms with Crippen LogP contribution in [0.15, 0.2) is 18.2 Å². The van der Waals surface area contributed by atoms with Crippen molar-refractivity contribution in [2.24, 2.45) is 0 Å². The van der Waals surface area contributed by atoms with Crippen LogP contribution in [0.1, 0.15) is 25.3 Å². The zero-order valence-electron chi connectivity index (χ0n) is 9.85. The third-order valence-electron chi connectivity index (χ3n) is 3.47. The summed E-state index contributed by atoms with van der Waals surface area (Å²) >= 11 is 6.18. The maximum atomic E-state index is 6.18. The zero-order valence-corrected chi connectivity index (χ0v) is 10.6. The van der Waals surface area contributed by atoms with Crippen LogP contribution in [0.25, 0.3) is 0 Å². The molecule has 1 heterocycles. The molecule has 0 radical (unpaired) electrons. The largest absolute Gasteiger partial charge is 0.382 e. The molecule has 1 unspecified atom stereocenters. The van der Waals surface area contributed by atoms with Gasteiger partial charge in [0.25, 0.3) is 0 Å². The van der Waals surface area contributed by atoms with E-state index in [1.807, 2.05) is 12.1 Å². The fraction of sp³-hybridized carbons (Fsp3) is 0.538. The summed E-state index contributed by atoms with van der Waals surface area (Å²) in [5.74, 6) is 0. The van der Waals surface area contributed by atoms with Crippen molar-refractivity contribution >= 4 is 17.3 Å². The van der Waals surface area contributed by atoms with Gasteiger partial charge in [0.2, 0.25) is 0 Å². The monoisotopic (exact) mass is 239 g/mol. The van der Waals surface area contributed by atoms with Crippen LogP contribution in [0, 0.1) is 0 Å². The minimum atomic E-state index is 0.0758. The van der Waals surface area contributed by atoms with Gasteiger partial charge in [0.1, 0.15) is 0 Å². The number of nitrogens with one attached hydrogen (secondary N) is 1. The van der Waals surface area contributed by atoms with Crippen molar-refractivity contribution in [1.82, 2.24) is 0 Å². The van der Waals surface area contributed by atoms with Gasteiger partial charge in [0.15, 0.2) is 0 Å². The van der Waals surface area contributed by atoms with Crippen LogP contribution in [-0.4, -0.2) is 19.3 Å². The number of rotatable bonds is 3. The molecule has 0 amide bonds. The van der Waals surface area contributed by atoms with Gasteiger partial charge in [-0.1, -0.05) is 24.6 Å². The second kappa shape index (κ2) is 4.64. The lowest BCUT2D eigenvalue weighted by Crippen LogP contribution is -2.45. The average Bonchev–Trinajstić information content (AvgIpc) is 2.29. The molecule has 16 heavy (non-hydrogen) atoms. The zero-order chi connectivity index (χ0) is 11.6. The van der Waals surface area contributed by atoms with E-state index in [4.69, 9.17) is 16.3 Å². The first-order chi connectivity index (χ1) is 7.71. The van der Waals surface area contributed by atoms with Crippen molar-refractivity contribution < 1.29 is 4.74 Å². The Labute approximate surface area is 102 Å². The molecule has 1 atom stereocenters. The van der Waals surface area contributed by atoms with E-state index in [2.05, 4.69) is 18.3 Å². The van der Waals surface area contributed by atoms with Crippen LogP contribution in [0.2, 0.25) is 5.02 Å². The highest BCUT2D eigenvalue weighted by atomic mass is 35.5. The molecule has 1 aliphatic rings. The van der Waals surface area contributed by atoms with Gasteiger partial charge >= 0.3 is 0 Å². The van der Waals surface area contributed by atoms with Gasteiger partial charge in [-0.3, -0.25) is 0 Å². The van der Waals surface area contributed by atoms with Gasteiger partial charge in [-0.05, 0) is 37.0 Å². The highest BCUT2D eigenvalue weighted by Crippen LogP contribution is 2.36. The van der Waals surface area contributed by atoms with Crippen LogP contribution < -0.4 is 5.32 Å². The van der Waals surface area contributed by atoms with Crippen molar-refractivity contribution in [3.63, 3.8) is 0 Å². The number of anilines is 1. The number of methoxy groups -OCH3 is 1. The summed E-state index contributed by atoms with van der Waals surface area (Å²) < 4.78 is 5.33. The molecule has 1 aromatic rings. The number of ether oxygens (including phenoxy) is 1. The van der Waals surface area contributed by atoms with Crippen molar-refractivity contribution in [3.8, 4) is 0 Å². The number of benzene rings is 1. The molecule has 0 fully saturated rings. The lowest BCUT2D eigenvalue weighted by atomic mass is 9.84. The first-order valence-electron chi connectivity index (χ1n) is 5.75. The third kappa shape index (κ3) is 2.04. The van der Waals surface area contributed by atoms with E-state index < -0.39 is 0 Å². The number of halogens is 1. The van der Waals surface area contributed by atoms with Crippen LogP contribution in [-0.2, 0) is 11.2 Å². The van der Waals surface area contributed by atoms with Gasteiger partial charge in [0.05, 0.1) is 12.1 Å². The molecule has 1 aliphatic heterocycles. The molecule has 0 saturated heterocycles. The third-order valence-corrected chi connectivity index (χ3v) is 3.82. The SMILES string of the molecule is CCC1(COC)CCc2c(Cl)cccc2N1. The smallest absolute Gasteiger partial charge is 0.0692 e. The van der Waals surface area contributed by atoms with E-state index in [1.54, 1.807) is 7.11 Å². The van der Waals surface area contributed by atoms with E-state index in [-0.39, 0.29) is 5.54 Å². The predicted molar refractivity (Wildman–Crippen MR) is 68.3 cm³/mol. The maximum absolute atomic E-state index is 6.18. The molecular weight excluding hydrogens is 222 g/mol. The van der Waals surface area contributed by atoms with Crippen LogP contribution >= 0.6 is 11.6 Å². The van der Waals surface area contributed by atoms with Crippen molar-refractivity contribution in [2.45, 2.75) is 31.7 Å². The maximum Gasteiger partial charge on any atom is 0.0692 e. The molecule has 2 rings (SSSR count). The van der Waals surface area contributed by atoms with Crippen LogP contribution in [0.3, 0.4) is 0 Å². The molecule has 3 heteroatoms. The lowest BCUT2D eigenvalue weighted by molar-refractivity contribution is 0.133. The minimum Gasteiger partial charge on any atom is -0.382 e. The van der Waals surface area contributed by atoms with E-state index in [9.17, 15) is 0 Å². The lowest BCUT2D eigenvalue weighted by Gasteiger charge is -2.39. The average molecular weight is 240 g/mol. The fourth-order valence-corrected chi connectivity index (χ4v) is 2.66. The van der Waals surface area contributed by atoms with Crippen molar-refractivity contribution in [3.05, 3.63) is 28.8 Å². The summed E-state index contributed by atoms with van der Waals surface area (Å²) in [5.41, 5.74) is 2.48. The van der Waals surface area contributed by atoms with E-state index >= 15 is 0 Å². The summed E-state index contributed by atoms with van der Waals surface area (Å²) in [6, 6.07) is 6.05. The quantitative estimate of drug-likeness (QED) is 0.872. The predicted octanol–water partition coefficient (Wildman–Crippen LogP) is 3.49. The van der Waals surface area contributed by atoms with Crippen molar-refractivity contribution in [1.29, 1.82) is 0 Å². The Morgan fingerprint density at radius 1 is 1.50 bits per heavy atom. The molecule has 0 saturated carbocycles. The second-order valence-corrected chi connectivity index (χ2v) is 4.87. The Bertz CT molecular complexity index is 380. The Kier molecular flexibility index (Phi) is 3.41. The molecule has 88 valence electrons. The Hall–Kier alpha value is -0.730. The molecule has 0 aromatic heterocycles. The molecule has 2 nitrogen and oxygen atoms in total. The first kappa shape index (κ1) is 11.7. The number of fused-ring (bicyclic) bond motifs is 1. The Morgan fingerprint density at radius 3 is 3.00 bits per heavy atom. The summed E-state index contributed by atoms with van der Waals surface area (Å²) in [5, 5.41) is 4.46. The molecular formula is C13H18ClNO. The van der Waals surface area contributed by atoms with Gasteiger partial charge in [-0.25, -0.2) is 0 Å². The van der Waals surface area contributed by atoms with Gasteiger partial charge in [-0.15, -0.1) is 0 Å². The fourth-order valence-electron chi connectivity index (χ4n) is 2.39. The highest BCUT2D eigenvalue weighted by molar-refractivity contribution is 6.31. The summed E-state index contributed by atoms with van der Waals surface area (Å²) in [6.07, 6.45) is 3.17. The van der Waals surface area contributed by atoms with Crippen molar-refractivity contribution in [2.75, 3.05) is 19.0 Å². The van der Waals surface area contributed by atoms with Crippen LogP contribution in [0.4, 0.5) is 5.69 Å². The molecule has 0 aliphatic carbocycles. The summed E-state index contributed by atoms with van der Waals surface area (Å²) in [6.45, 7) is 2.94.